The standard InChI is InChI=1S/C13H15F2N3O2S/c1-3-18(9-10-7-16-17(2)8-10)21(19,20)13-5-11(14)4-12(15)6-13/h4-8H,3,9H2,1-2H3. The lowest BCUT2D eigenvalue weighted by molar-refractivity contribution is 0.422. The van der Waals surface area contributed by atoms with Crippen molar-refractivity contribution in [2.75, 3.05) is 6.54 Å². The SMILES string of the molecule is CCN(Cc1cnn(C)c1)S(=O)(=O)c1cc(F)cc(F)c1. The second-order valence-electron chi connectivity index (χ2n) is 4.56. The lowest BCUT2D eigenvalue weighted by Crippen LogP contribution is -2.30. The quantitative estimate of drug-likeness (QED) is 0.847. The van der Waals surface area contributed by atoms with Crippen LogP contribution in [-0.2, 0) is 23.6 Å². The molecule has 2 rings (SSSR count). The van der Waals surface area contributed by atoms with Gasteiger partial charge in [0.25, 0.3) is 0 Å². The predicted molar refractivity (Wildman–Crippen MR) is 72.8 cm³/mol. The zero-order valence-corrected chi connectivity index (χ0v) is 12.4. The average Bonchev–Trinajstić information content (AvgIpc) is 2.80. The Morgan fingerprint density at radius 3 is 2.33 bits per heavy atom. The van der Waals surface area contributed by atoms with Gasteiger partial charge in [0.05, 0.1) is 11.1 Å². The fourth-order valence-electron chi connectivity index (χ4n) is 1.95. The molecule has 8 heteroatoms. The van der Waals surface area contributed by atoms with Crippen molar-refractivity contribution >= 4 is 10.0 Å². The van der Waals surface area contributed by atoms with Crippen LogP contribution in [0.15, 0.2) is 35.5 Å². The van der Waals surface area contributed by atoms with Crippen molar-refractivity contribution in [3.8, 4) is 0 Å². The maximum atomic E-state index is 13.2. The van der Waals surface area contributed by atoms with Crippen LogP contribution < -0.4 is 0 Å². The molecule has 21 heavy (non-hydrogen) atoms. The van der Waals surface area contributed by atoms with E-state index in [1.54, 1.807) is 31.0 Å². The maximum absolute atomic E-state index is 13.2. The molecule has 114 valence electrons. The molecule has 0 aliphatic heterocycles. The second-order valence-corrected chi connectivity index (χ2v) is 6.50. The fourth-order valence-corrected chi connectivity index (χ4v) is 3.43. The molecule has 1 aromatic carbocycles. The van der Waals surface area contributed by atoms with E-state index in [9.17, 15) is 17.2 Å². The molecule has 1 heterocycles. The Kier molecular flexibility index (Phi) is 4.38. The number of hydrogen-bond acceptors (Lipinski definition) is 3. The molecule has 0 radical (unpaired) electrons. The molecule has 0 saturated heterocycles. The molecular weight excluding hydrogens is 300 g/mol. The van der Waals surface area contributed by atoms with E-state index < -0.39 is 26.6 Å². The summed E-state index contributed by atoms with van der Waals surface area (Å²) in [5, 5.41) is 3.96. The van der Waals surface area contributed by atoms with Crippen molar-refractivity contribution < 1.29 is 17.2 Å². The number of benzene rings is 1. The molecule has 0 atom stereocenters. The zero-order valence-electron chi connectivity index (χ0n) is 11.6. The van der Waals surface area contributed by atoms with Gasteiger partial charge in [0, 0.05) is 38.0 Å². The van der Waals surface area contributed by atoms with Gasteiger partial charge in [-0.3, -0.25) is 4.68 Å². The van der Waals surface area contributed by atoms with Gasteiger partial charge < -0.3 is 0 Å². The smallest absolute Gasteiger partial charge is 0.243 e. The number of aryl methyl sites for hydroxylation is 1. The molecule has 0 amide bonds. The number of rotatable bonds is 5. The van der Waals surface area contributed by atoms with Crippen molar-refractivity contribution in [3.63, 3.8) is 0 Å². The number of nitrogens with zero attached hydrogens (tertiary/aromatic N) is 3. The molecule has 0 aliphatic rings. The summed E-state index contributed by atoms with van der Waals surface area (Å²) in [6, 6.07) is 2.26. The summed E-state index contributed by atoms with van der Waals surface area (Å²) in [5.41, 5.74) is 0.694. The van der Waals surface area contributed by atoms with Gasteiger partial charge in [0.2, 0.25) is 10.0 Å². The third-order valence-corrected chi connectivity index (χ3v) is 4.84. The first-order chi connectivity index (χ1) is 9.82. The Morgan fingerprint density at radius 2 is 1.86 bits per heavy atom. The van der Waals surface area contributed by atoms with Gasteiger partial charge in [-0.05, 0) is 12.1 Å². The summed E-state index contributed by atoms with van der Waals surface area (Å²) in [6.07, 6.45) is 3.23. The van der Waals surface area contributed by atoms with Gasteiger partial charge in [-0.2, -0.15) is 9.40 Å². The van der Waals surface area contributed by atoms with Crippen LogP contribution in [-0.4, -0.2) is 29.0 Å². The largest absolute Gasteiger partial charge is 0.275 e. The molecule has 0 N–H and O–H groups in total. The lowest BCUT2D eigenvalue weighted by Gasteiger charge is -2.19. The highest BCUT2D eigenvalue weighted by molar-refractivity contribution is 7.89. The monoisotopic (exact) mass is 315 g/mol. The summed E-state index contributed by atoms with van der Waals surface area (Å²) in [6.45, 7) is 1.92. The van der Waals surface area contributed by atoms with Gasteiger partial charge in [-0.15, -0.1) is 0 Å². The van der Waals surface area contributed by atoms with Crippen LogP contribution >= 0.6 is 0 Å². The molecule has 0 bridgehead atoms. The highest BCUT2D eigenvalue weighted by Gasteiger charge is 2.25. The summed E-state index contributed by atoms with van der Waals surface area (Å²) < 4.78 is 54.0. The van der Waals surface area contributed by atoms with Crippen LogP contribution in [0.2, 0.25) is 0 Å². The molecular formula is C13H15F2N3O2S. The van der Waals surface area contributed by atoms with Crippen molar-refractivity contribution in [2.24, 2.45) is 7.05 Å². The summed E-state index contributed by atoms with van der Waals surface area (Å²) >= 11 is 0. The first-order valence-corrected chi connectivity index (χ1v) is 7.70. The number of sulfonamides is 1. The summed E-state index contributed by atoms with van der Waals surface area (Å²) in [7, 11) is -2.25. The number of hydrogen-bond donors (Lipinski definition) is 0. The number of aromatic nitrogens is 2. The highest BCUT2D eigenvalue weighted by Crippen LogP contribution is 2.20. The molecule has 0 aliphatic carbocycles. The zero-order chi connectivity index (χ0) is 15.6. The van der Waals surface area contributed by atoms with Gasteiger partial charge in [0.15, 0.2) is 0 Å². The van der Waals surface area contributed by atoms with Gasteiger partial charge >= 0.3 is 0 Å². The van der Waals surface area contributed by atoms with Crippen molar-refractivity contribution in [3.05, 3.63) is 47.8 Å². The van der Waals surface area contributed by atoms with E-state index in [2.05, 4.69) is 5.10 Å². The minimum atomic E-state index is -3.97. The maximum Gasteiger partial charge on any atom is 0.243 e. The van der Waals surface area contributed by atoms with E-state index in [-0.39, 0.29) is 13.1 Å². The molecule has 5 nitrogen and oxygen atoms in total. The van der Waals surface area contributed by atoms with Crippen molar-refractivity contribution in [2.45, 2.75) is 18.4 Å². The van der Waals surface area contributed by atoms with E-state index in [0.717, 1.165) is 16.4 Å². The molecule has 0 spiro atoms. The van der Waals surface area contributed by atoms with Crippen LogP contribution in [0.4, 0.5) is 8.78 Å². The highest BCUT2D eigenvalue weighted by atomic mass is 32.2. The Bertz CT molecular complexity index is 723. The van der Waals surface area contributed by atoms with Gasteiger partial charge in [-0.25, -0.2) is 17.2 Å². The van der Waals surface area contributed by atoms with Crippen molar-refractivity contribution in [1.29, 1.82) is 0 Å². The second kappa shape index (κ2) is 5.90. The van der Waals surface area contributed by atoms with E-state index >= 15 is 0 Å². The van der Waals surface area contributed by atoms with Crippen LogP contribution in [0, 0.1) is 11.6 Å². The Labute approximate surface area is 121 Å². The lowest BCUT2D eigenvalue weighted by atomic mass is 10.3. The van der Waals surface area contributed by atoms with E-state index in [1.807, 2.05) is 0 Å². The van der Waals surface area contributed by atoms with Gasteiger partial charge in [0.1, 0.15) is 11.6 Å². The first-order valence-electron chi connectivity index (χ1n) is 6.26. The molecule has 1 aromatic heterocycles. The van der Waals surface area contributed by atoms with Crippen LogP contribution in [0.3, 0.4) is 0 Å². The third kappa shape index (κ3) is 3.45. The third-order valence-electron chi connectivity index (χ3n) is 2.94. The Morgan fingerprint density at radius 1 is 1.24 bits per heavy atom. The average molecular weight is 315 g/mol. The van der Waals surface area contributed by atoms with E-state index in [1.165, 1.54) is 0 Å². The molecule has 0 fully saturated rings. The Balaban J connectivity index is 2.35. The van der Waals surface area contributed by atoms with Crippen LogP contribution in [0.5, 0.6) is 0 Å². The number of halogens is 2. The van der Waals surface area contributed by atoms with E-state index in [0.29, 0.717) is 11.6 Å². The van der Waals surface area contributed by atoms with E-state index in [4.69, 9.17) is 0 Å². The van der Waals surface area contributed by atoms with Gasteiger partial charge in [-0.1, -0.05) is 6.92 Å². The minimum absolute atomic E-state index is 0.0881. The first kappa shape index (κ1) is 15.6. The Hall–Kier alpha value is -1.80. The molecule has 0 saturated carbocycles. The fraction of sp³-hybridized carbons (Fsp3) is 0.308. The molecule has 0 unspecified atom stereocenters. The topological polar surface area (TPSA) is 55.2 Å². The summed E-state index contributed by atoms with van der Waals surface area (Å²) in [5.74, 6) is -1.85. The van der Waals surface area contributed by atoms with Crippen LogP contribution in [0.25, 0.3) is 0 Å². The minimum Gasteiger partial charge on any atom is -0.275 e. The predicted octanol–water partition coefficient (Wildman–Crippen LogP) is 1.91. The van der Waals surface area contributed by atoms with Crippen molar-refractivity contribution in [1.82, 2.24) is 14.1 Å². The molecule has 2 aromatic rings. The summed E-state index contributed by atoms with van der Waals surface area (Å²) in [4.78, 5) is -0.397. The van der Waals surface area contributed by atoms with Crippen LogP contribution in [0.1, 0.15) is 12.5 Å². The normalized spacial score (nSPS) is 12.0.